The highest BCUT2D eigenvalue weighted by molar-refractivity contribution is 8.08. The number of carbonyl (C=O) groups excluding carboxylic acids is 1. The standard InChI is InChI=1S/C20H20N4O2S3/c1-5-11-24-17(26)15(19-21(3)12-9-7-8-10-13(12)28-19)29-18(24)14-16(25)23(6-2)20(27)22(14)4/h5,7-10H,1,6,11H2,2-4H3/b18-14+,19-15-. The number of amides is 1. The van der Waals surface area contributed by atoms with Crippen LogP contribution >= 0.6 is 35.3 Å². The summed E-state index contributed by atoms with van der Waals surface area (Å²) in [5.74, 6) is -0.175. The summed E-state index contributed by atoms with van der Waals surface area (Å²) in [4.78, 5) is 32.7. The molecule has 0 saturated carbocycles. The molecule has 3 heterocycles. The second-order valence-electron chi connectivity index (χ2n) is 6.61. The number of fused-ring (bicyclic) bond motifs is 1. The highest BCUT2D eigenvalue weighted by atomic mass is 32.2. The number of aromatic nitrogens is 1. The maximum Gasteiger partial charge on any atom is 0.279 e. The number of likely N-dealkylation sites (N-methyl/N-ethyl adjacent to an activating group) is 2. The number of anilines is 1. The summed E-state index contributed by atoms with van der Waals surface area (Å²) >= 11 is 8.33. The highest BCUT2D eigenvalue weighted by Gasteiger charge is 2.36. The lowest BCUT2D eigenvalue weighted by Gasteiger charge is -2.13. The number of allylic oxidation sites excluding steroid dienone is 1. The van der Waals surface area contributed by atoms with E-state index in [2.05, 4.69) is 6.58 Å². The molecule has 9 heteroatoms. The molecular formula is C20H20N4O2S3. The van der Waals surface area contributed by atoms with Gasteiger partial charge in [-0.15, -0.1) is 17.9 Å². The molecule has 0 radical (unpaired) electrons. The predicted octanol–water partition coefficient (Wildman–Crippen LogP) is 1.59. The Labute approximate surface area is 182 Å². The minimum Gasteiger partial charge on any atom is -0.337 e. The van der Waals surface area contributed by atoms with Crippen molar-refractivity contribution < 1.29 is 4.79 Å². The van der Waals surface area contributed by atoms with Crippen LogP contribution < -0.4 is 19.7 Å². The molecule has 1 amide bonds. The Morgan fingerprint density at radius 1 is 1.17 bits per heavy atom. The number of thiazole rings is 1. The Morgan fingerprint density at radius 2 is 1.90 bits per heavy atom. The van der Waals surface area contributed by atoms with Gasteiger partial charge in [0, 0.05) is 32.1 Å². The van der Waals surface area contributed by atoms with Gasteiger partial charge >= 0.3 is 0 Å². The summed E-state index contributed by atoms with van der Waals surface area (Å²) in [6.07, 6.45) is 1.67. The maximum atomic E-state index is 13.3. The van der Waals surface area contributed by atoms with Gasteiger partial charge in [-0.05, 0) is 31.3 Å². The van der Waals surface area contributed by atoms with Crippen LogP contribution in [0.3, 0.4) is 0 Å². The van der Waals surface area contributed by atoms with E-state index >= 15 is 0 Å². The zero-order valence-electron chi connectivity index (χ0n) is 16.3. The summed E-state index contributed by atoms with van der Waals surface area (Å²) in [5, 5.41) is 1.32. The molecule has 0 unspecified atom stereocenters. The molecule has 1 fully saturated rings. The molecule has 1 saturated heterocycles. The van der Waals surface area contributed by atoms with E-state index in [1.807, 2.05) is 43.1 Å². The van der Waals surface area contributed by atoms with Crippen molar-refractivity contribution in [1.82, 2.24) is 14.4 Å². The number of benzene rings is 1. The number of para-hydroxylation sites is 1. The number of thiocarbonyl (C=S) groups is 1. The van der Waals surface area contributed by atoms with Crippen LogP contribution in [0.5, 0.6) is 0 Å². The molecule has 150 valence electrons. The van der Waals surface area contributed by atoms with E-state index in [0.717, 1.165) is 15.6 Å². The van der Waals surface area contributed by atoms with E-state index in [4.69, 9.17) is 12.2 Å². The smallest absolute Gasteiger partial charge is 0.279 e. The Kier molecular flexibility index (Phi) is 5.14. The zero-order valence-corrected chi connectivity index (χ0v) is 18.8. The molecule has 2 aliphatic rings. The van der Waals surface area contributed by atoms with Gasteiger partial charge in [0.15, 0.2) is 5.11 Å². The van der Waals surface area contributed by atoms with Crippen LogP contribution in [-0.4, -0.2) is 46.0 Å². The van der Waals surface area contributed by atoms with Crippen molar-refractivity contribution in [3.8, 4) is 0 Å². The third-order valence-electron chi connectivity index (χ3n) is 4.95. The molecule has 6 nitrogen and oxygen atoms in total. The fourth-order valence-electron chi connectivity index (χ4n) is 3.47. The summed E-state index contributed by atoms with van der Waals surface area (Å²) in [5.41, 5.74) is 1.38. The number of hydrogen-bond donors (Lipinski definition) is 0. The highest BCUT2D eigenvalue weighted by Crippen LogP contribution is 2.44. The van der Waals surface area contributed by atoms with Crippen LogP contribution in [0.1, 0.15) is 6.92 Å². The van der Waals surface area contributed by atoms with Crippen LogP contribution in [0.25, 0.3) is 10.7 Å². The first-order valence-electron chi connectivity index (χ1n) is 9.10. The van der Waals surface area contributed by atoms with Crippen molar-refractivity contribution in [2.75, 3.05) is 25.5 Å². The first-order chi connectivity index (χ1) is 13.9. The first-order valence-corrected chi connectivity index (χ1v) is 11.1. The summed E-state index contributed by atoms with van der Waals surface area (Å²) in [6.45, 7) is 6.47. The SMILES string of the molecule is C=CCn1c(=O)/c(=C2/Sc3ccccc3N2C)s/c1=C1\C(=O)N(CC)C(=S)N1C. The van der Waals surface area contributed by atoms with Crippen molar-refractivity contribution in [2.45, 2.75) is 18.4 Å². The normalized spacial score (nSPS) is 20.0. The number of rotatable bonds is 3. The molecule has 2 aromatic rings. The number of thioether (sulfide) groups is 1. The van der Waals surface area contributed by atoms with E-state index in [0.29, 0.717) is 33.1 Å². The average Bonchev–Trinajstić information content (AvgIpc) is 3.28. The van der Waals surface area contributed by atoms with E-state index in [1.54, 1.807) is 39.3 Å². The minimum atomic E-state index is -0.175. The van der Waals surface area contributed by atoms with Crippen molar-refractivity contribution in [3.63, 3.8) is 0 Å². The van der Waals surface area contributed by atoms with E-state index in [1.165, 1.54) is 11.3 Å². The summed E-state index contributed by atoms with van der Waals surface area (Å²) in [6, 6.07) is 8.05. The molecule has 0 spiro atoms. The molecule has 1 aromatic heterocycles. The van der Waals surface area contributed by atoms with Gasteiger partial charge < -0.3 is 9.80 Å². The lowest BCUT2D eigenvalue weighted by Crippen LogP contribution is -2.35. The van der Waals surface area contributed by atoms with E-state index in [9.17, 15) is 9.59 Å². The molecular weight excluding hydrogens is 424 g/mol. The average molecular weight is 445 g/mol. The number of hydrogen-bond acceptors (Lipinski definition) is 6. The molecule has 0 bridgehead atoms. The number of carbonyl (C=O) groups is 1. The lowest BCUT2D eigenvalue weighted by molar-refractivity contribution is -0.120. The molecule has 1 aromatic carbocycles. The second kappa shape index (κ2) is 7.47. The third kappa shape index (κ3) is 2.95. The fraction of sp³-hybridized carbons (Fsp3) is 0.250. The Morgan fingerprint density at radius 3 is 2.52 bits per heavy atom. The van der Waals surface area contributed by atoms with Crippen LogP contribution in [0.4, 0.5) is 5.69 Å². The van der Waals surface area contributed by atoms with Crippen LogP contribution in [0.15, 0.2) is 46.6 Å². The Hall–Kier alpha value is -2.36. The maximum absolute atomic E-state index is 13.3. The summed E-state index contributed by atoms with van der Waals surface area (Å²) in [7, 11) is 3.73. The lowest BCUT2D eigenvalue weighted by atomic mass is 10.3. The quantitative estimate of drug-likeness (QED) is 0.529. The van der Waals surface area contributed by atoms with Gasteiger partial charge in [0.05, 0.1) is 5.69 Å². The first kappa shape index (κ1) is 19.9. The van der Waals surface area contributed by atoms with Crippen molar-refractivity contribution in [3.05, 3.63) is 56.5 Å². The molecule has 0 aliphatic carbocycles. The molecule has 0 atom stereocenters. The van der Waals surface area contributed by atoms with E-state index < -0.39 is 0 Å². The summed E-state index contributed by atoms with van der Waals surface area (Å²) < 4.78 is 2.83. The van der Waals surface area contributed by atoms with E-state index in [-0.39, 0.29) is 11.5 Å². The topological polar surface area (TPSA) is 48.8 Å². The van der Waals surface area contributed by atoms with Gasteiger partial charge in [0.2, 0.25) is 0 Å². The Bertz CT molecular complexity index is 1230. The van der Waals surface area contributed by atoms with Crippen LogP contribution in [0, 0.1) is 0 Å². The van der Waals surface area contributed by atoms with Gasteiger partial charge in [0.1, 0.15) is 19.9 Å². The van der Waals surface area contributed by atoms with Crippen molar-refractivity contribution in [1.29, 1.82) is 0 Å². The third-order valence-corrected chi connectivity index (χ3v) is 7.99. The zero-order chi connectivity index (χ0) is 20.9. The van der Waals surface area contributed by atoms with Crippen LogP contribution in [-0.2, 0) is 11.3 Å². The van der Waals surface area contributed by atoms with Gasteiger partial charge in [0.25, 0.3) is 11.5 Å². The van der Waals surface area contributed by atoms with Gasteiger partial charge in [-0.2, -0.15) is 0 Å². The Balaban J connectivity index is 2.03. The number of nitrogens with zero attached hydrogens (tertiary/aromatic N) is 4. The predicted molar refractivity (Wildman–Crippen MR) is 123 cm³/mol. The minimum absolute atomic E-state index is 0.123. The van der Waals surface area contributed by atoms with Crippen molar-refractivity contribution >= 4 is 62.7 Å². The second-order valence-corrected chi connectivity index (χ2v) is 9.01. The van der Waals surface area contributed by atoms with Gasteiger partial charge in [-0.3, -0.25) is 19.1 Å². The van der Waals surface area contributed by atoms with Crippen LogP contribution in [0.2, 0.25) is 0 Å². The monoisotopic (exact) mass is 444 g/mol. The largest absolute Gasteiger partial charge is 0.337 e. The molecule has 0 N–H and O–H groups in total. The molecule has 29 heavy (non-hydrogen) atoms. The molecule has 4 rings (SSSR count). The fourth-order valence-corrected chi connectivity index (χ4v) is 6.30. The van der Waals surface area contributed by atoms with Gasteiger partial charge in [-0.25, -0.2) is 0 Å². The van der Waals surface area contributed by atoms with Crippen molar-refractivity contribution in [2.24, 2.45) is 0 Å². The molecule has 2 aliphatic heterocycles. The van der Waals surface area contributed by atoms with Gasteiger partial charge in [-0.1, -0.05) is 30.0 Å².